The van der Waals surface area contributed by atoms with E-state index in [2.05, 4.69) is 0 Å². The Labute approximate surface area is 258 Å². The maximum atomic E-state index is 11.0. The van der Waals surface area contributed by atoms with Crippen LogP contribution in [0.15, 0.2) is 48.5 Å². The first-order valence-electron chi connectivity index (χ1n) is 15.0. The number of hydrogen-bond donors (Lipinski definition) is 0. The number of ether oxygens (including phenoxy) is 2. The highest BCUT2D eigenvalue weighted by Crippen LogP contribution is 2.38. The van der Waals surface area contributed by atoms with Crippen molar-refractivity contribution in [1.29, 1.82) is 0 Å². The van der Waals surface area contributed by atoms with E-state index in [1.54, 1.807) is 0 Å². The minimum absolute atomic E-state index is 0.313. The number of benzene rings is 2. The molecule has 0 aliphatic carbocycles. The molecule has 2 aliphatic rings. The zero-order valence-corrected chi connectivity index (χ0v) is 27.5. The minimum atomic E-state index is -0.525. The molecule has 0 N–H and O–H groups in total. The van der Waals surface area contributed by atoms with Gasteiger partial charge in [0.1, 0.15) is 24.1 Å². The number of aldehydes is 2. The predicted molar refractivity (Wildman–Crippen MR) is 170 cm³/mol. The number of para-hydroxylation sites is 2. The van der Waals surface area contributed by atoms with Gasteiger partial charge >= 0.3 is 14.2 Å². The summed E-state index contributed by atoms with van der Waals surface area (Å²) in [5.41, 5.74) is -0.321. The van der Waals surface area contributed by atoms with Crippen LogP contribution >= 0.6 is 0 Å². The first-order valence-corrected chi connectivity index (χ1v) is 15.0. The topological polar surface area (TPSA) is 89.5 Å². The summed E-state index contributed by atoms with van der Waals surface area (Å²) in [6.45, 7) is 20.7. The third kappa shape index (κ3) is 8.50. The number of carbonyl (C=O) groups is 2. The molecule has 2 aromatic carbocycles. The van der Waals surface area contributed by atoms with Crippen LogP contribution in [0.25, 0.3) is 0 Å². The van der Waals surface area contributed by atoms with E-state index in [1.807, 2.05) is 118 Å². The lowest BCUT2D eigenvalue weighted by Gasteiger charge is -2.32. The molecule has 4 rings (SSSR count). The van der Waals surface area contributed by atoms with Crippen molar-refractivity contribution in [3.05, 3.63) is 48.5 Å². The summed E-state index contributed by atoms with van der Waals surface area (Å²) in [5, 5.41) is 0. The Hall–Kier alpha value is -2.65. The smallest absolute Gasteiger partial charge is 0.494 e. The van der Waals surface area contributed by atoms with Crippen LogP contribution in [0.4, 0.5) is 0 Å². The van der Waals surface area contributed by atoms with E-state index in [0.717, 1.165) is 29.2 Å². The summed E-state index contributed by atoms with van der Waals surface area (Å²) in [6.07, 6.45) is 3.04. The first kappa shape index (κ1) is 34.8. The van der Waals surface area contributed by atoms with E-state index < -0.39 is 30.9 Å². The number of carbonyl (C=O) groups excluding carboxylic acids is 2. The van der Waals surface area contributed by atoms with Crippen LogP contribution in [0.1, 0.15) is 82.1 Å². The Bertz CT molecular complexity index is 1210. The lowest BCUT2D eigenvalue weighted by Crippen LogP contribution is -2.41. The fourth-order valence-electron chi connectivity index (χ4n) is 4.20. The van der Waals surface area contributed by atoms with Crippen molar-refractivity contribution in [2.24, 2.45) is 5.41 Å². The van der Waals surface area contributed by atoms with Crippen LogP contribution in [-0.2, 0) is 28.2 Å². The van der Waals surface area contributed by atoms with Crippen molar-refractivity contribution in [2.75, 3.05) is 13.2 Å². The second kappa shape index (κ2) is 13.6. The minimum Gasteiger partial charge on any atom is -0.494 e. The molecule has 0 aromatic heterocycles. The third-order valence-corrected chi connectivity index (χ3v) is 8.49. The highest BCUT2D eigenvalue weighted by molar-refractivity contribution is 6.63. The van der Waals surface area contributed by atoms with Crippen LogP contribution in [0.5, 0.6) is 11.5 Å². The molecular formula is C33H48B2O8. The van der Waals surface area contributed by atoms with Crippen LogP contribution in [0, 0.1) is 5.41 Å². The molecule has 234 valence electrons. The first-order chi connectivity index (χ1) is 20.0. The van der Waals surface area contributed by atoms with Crippen LogP contribution < -0.4 is 20.4 Å². The highest BCUT2D eigenvalue weighted by Gasteiger charge is 2.53. The zero-order chi connectivity index (χ0) is 32.1. The lowest BCUT2D eigenvalue weighted by atomic mass is 9.78. The Morgan fingerprint density at radius 1 is 0.674 bits per heavy atom. The molecule has 0 saturated carbocycles. The average molecular weight is 594 g/mol. The van der Waals surface area contributed by atoms with Gasteiger partial charge in [0.25, 0.3) is 0 Å². The summed E-state index contributed by atoms with van der Waals surface area (Å²) in [5.74, 6) is 1.44. The van der Waals surface area contributed by atoms with Crippen LogP contribution in [0.3, 0.4) is 0 Å². The Morgan fingerprint density at radius 3 is 1.47 bits per heavy atom. The van der Waals surface area contributed by atoms with Gasteiger partial charge in [0.05, 0.1) is 41.0 Å². The number of hydrogen-bond acceptors (Lipinski definition) is 8. The fraction of sp³-hybridized carbons (Fsp3) is 0.576. The summed E-state index contributed by atoms with van der Waals surface area (Å²) in [4.78, 5) is 21.4. The normalized spacial score (nSPS) is 19.8. The van der Waals surface area contributed by atoms with Gasteiger partial charge < -0.3 is 37.7 Å². The lowest BCUT2D eigenvalue weighted by molar-refractivity contribution is -0.116. The van der Waals surface area contributed by atoms with Crippen molar-refractivity contribution in [2.45, 2.75) is 104 Å². The maximum absolute atomic E-state index is 11.0. The van der Waals surface area contributed by atoms with E-state index in [4.69, 9.17) is 28.1 Å². The van der Waals surface area contributed by atoms with Gasteiger partial charge in [-0.1, -0.05) is 36.4 Å². The van der Waals surface area contributed by atoms with Gasteiger partial charge in [-0.3, -0.25) is 0 Å². The molecule has 2 saturated heterocycles. The van der Waals surface area contributed by atoms with E-state index in [9.17, 15) is 9.59 Å². The van der Waals surface area contributed by atoms with E-state index in [0.29, 0.717) is 31.8 Å². The van der Waals surface area contributed by atoms with Crippen LogP contribution in [0.2, 0.25) is 0 Å². The van der Waals surface area contributed by atoms with E-state index in [1.165, 1.54) is 0 Å². The molecular weight excluding hydrogens is 546 g/mol. The molecule has 0 atom stereocenters. The van der Waals surface area contributed by atoms with Crippen molar-refractivity contribution in [3.8, 4) is 11.5 Å². The molecule has 2 aliphatic heterocycles. The highest BCUT2D eigenvalue weighted by atomic mass is 16.7. The summed E-state index contributed by atoms with van der Waals surface area (Å²) >= 11 is 0. The largest absolute Gasteiger partial charge is 0.498 e. The number of rotatable bonds is 11. The van der Waals surface area contributed by atoms with E-state index in [-0.39, 0.29) is 11.2 Å². The van der Waals surface area contributed by atoms with Crippen molar-refractivity contribution in [3.63, 3.8) is 0 Å². The Balaban J connectivity index is 0.000000236. The van der Waals surface area contributed by atoms with Gasteiger partial charge in [-0.2, -0.15) is 0 Å². The van der Waals surface area contributed by atoms with Gasteiger partial charge in [0.2, 0.25) is 0 Å². The second-order valence-corrected chi connectivity index (χ2v) is 13.8. The Morgan fingerprint density at radius 2 is 1.07 bits per heavy atom. The summed E-state index contributed by atoms with van der Waals surface area (Å²) in [7, 11) is -0.905. The molecule has 0 radical (unpaired) electrons. The standard InChI is InChI=1S/C17H25BO4.C16H23BO4/c1-15(2,11-19)12-20-14-10-8-7-9-13(14)18-21-16(3,4)17(5,6)22-18;1-15(2)16(3,4)21-17(20-15)13-9-5-6-10-14(13)19-12-8-7-11-18/h7-11H,12H2,1-6H3;5-6,9-11H,7-8,12H2,1-4H3. The molecule has 0 amide bonds. The number of unbranched alkanes of at least 4 members (excludes halogenated alkanes) is 1. The zero-order valence-electron chi connectivity index (χ0n) is 27.5. The predicted octanol–water partition coefficient (Wildman–Crippen LogP) is 4.93. The van der Waals surface area contributed by atoms with Gasteiger partial charge in [-0.05, 0) is 87.8 Å². The Kier molecular flexibility index (Phi) is 11.0. The van der Waals surface area contributed by atoms with Crippen LogP contribution in [-0.4, -0.2) is 62.4 Å². The summed E-state index contributed by atoms with van der Waals surface area (Å²) in [6, 6.07) is 15.4. The quantitative estimate of drug-likeness (QED) is 0.206. The molecule has 2 fully saturated rings. The molecule has 8 nitrogen and oxygen atoms in total. The average Bonchev–Trinajstić information content (AvgIpc) is 3.30. The van der Waals surface area contributed by atoms with Crippen molar-refractivity contribution < 1.29 is 37.7 Å². The molecule has 0 unspecified atom stereocenters. The molecule has 2 aromatic rings. The van der Waals surface area contributed by atoms with Crippen molar-refractivity contribution in [1.82, 2.24) is 0 Å². The van der Waals surface area contributed by atoms with Gasteiger partial charge in [-0.15, -0.1) is 0 Å². The molecule has 43 heavy (non-hydrogen) atoms. The molecule has 2 heterocycles. The summed E-state index contributed by atoms with van der Waals surface area (Å²) < 4.78 is 35.9. The fourth-order valence-corrected chi connectivity index (χ4v) is 4.20. The SMILES string of the molecule is CC(C)(C=O)COc1ccccc1B1OC(C)(C)C(C)(C)O1.CC1(C)OB(c2ccccc2OCCCC=O)OC1(C)C. The maximum Gasteiger partial charge on any atom is 0.498 e. The van der Waals surface area contributed by atoms with Gasteiger partial charge in [0, 0.05) is 17.3 Å². The molecule has 10 heteroatoms. The third-order valence-electron chi connectivity index (χ3n) is 8.49. The van der Waals surface area contributed by atoms with E-state index >= 15 is 0 Å². The second-order valence-electron chi connectivity index (χ2n) is 13.8. The monoisotopic (exact) mass is 594 g/mol. The molecule has 0 spiro atoms. The molecule has 0 bridgehead atoms. The van der Waals surface area contributed by atoms with Crippen molar-refractivity contribution >= 4 is 37.7 Å². The van der Waals surface area contributed by atoms with Gasteiger partial charge in [-0.25, -0.2) is 0 Å². The van der Waals surface area contributed by atoms with Gasteiger partial charge in [0.15, 0.2) is 0 Å².